The number of pyridine rings is 1. The predicted octanol–water partition coefficient (Wildman–Crippen LogP) is 10.9. The third kappa shape index (κ3) is 3.70. The Morgan fingerprint density at radius 1 is 0.372 bits per heavy atom. The topological polar surface area (TPSA) is 17.3 Å². The van der Waals surface area contributed by atoms with Gasteiger partial charge in [-0.05, 0) is 79.9 Å². The van der Waals surface area contributed by atoms with E-state index in [9.17, 15) is 0 Å². The molecule has 0 bridgehead atoms. The van der Waals surface area contributed by atoms with Crippen molar-refractivity contribution < 1.29 is 0 Å². The number of aromatic nitrogens is 2. The second-order valence-corrected chi connectivity index (χ2v) is 11.2. The highest BCUT2D eigenvalue weighted by Gasteiger charge is 2.18. The number of rotatable bonds is 3. The van der Waals surface area contributed by atoms with Crippen LogP contribution >= 0.6 is 0 Å². The lowest BCUT2D eigenvalue weighted by atomic mass is 9.90. The maximum atomic E-state index is 5.23. The SMILES string of the molecule is c1ccc(-c2ccc(-c3cc4c5cc(-c6ccccc6)ccc5n5c6ccccc6nc5c4c4ccccc34)cc2)cc1. The Labute approximate surface area is 249 Å². The summed E-state index contributed by atoms with van der Waals surface area (Å²) in [7, 11) is 0. The first-order valence-corrected chi connectivity index (χ1v) is 14.7. The Morgan fingerprint density at radius 2 is 0.953 bits per heavy atom. The molecule has 0 aliphatic carbocycles. The van der Waals surface area contributed by atoms with E-state index < -0.39 is 0 Å². The van der Waals surface area contributed by atoms with Crippen LogP contribution in [-0.4, -0.2) is 9.38 Å². The first kappa shape index (κ1) is 23.9. The molecule has 2 heterocycles. The molecule has 0 spiro atoms. The molecule has 0 fully saturated rings. The van der Waals surface area contributed by atoms with E-state index in [0.29, 0.717) is 0 Å². The van der Waals surface area contributed by atoms with Gasteiger partial charge in [-0.2, -0.15) is 0 Å². The normalized spacial score (nSPS) is 11.7. The van der Waals surface area contributed by atoms with Crippen molar-refractivity contribution in [3.63, 3.8) is 0 Å². The van der Waals surface area contributed by atoms with E-state index in [4.69, 9.17) is 4.98 Å². The second kappa shape index (κ2) is 9.40. The van der Waals surface area contributed by atoms with Crippen LogP contribution in [0.2, 0.25) is 0 Å². The summed E-state index contributed by atoms with van der Waals surface area (Å²) in [5.41, 5.74) is 11.6. The molecule has 0 aliphatic heterocycles. The van der Waals surface area contributed by atoms with Crippen LogP contribution in [0, 0.1) is 0 Å². The summed E-state index contributed by atoms with van der Waals surface area (Å²) in [5.74, 6) is 0. The lowest BCUT2D eigenvalue weighted by molar-refractivity contribution is 1.32. The van der Waals surface area contributed by atoms with Gasteiger partial charge in [0.15, 0.2) is 0 Å². The Hall–Kier alpha value is -5.73. The minimum absolute atomic E-state index is 0.998. The molecule has 9 rings (SSSR count). The van der Waals surface area contributed by atoms with Gasteiger partial charge in [-0.15, -0.1) is 0 Å². The molecule has 2 heteroatoms. The van der Waals surface area contributed by atoms with Crippen molar-refractivity contribution in [2.24, 2.45) is 0 Å². The quantitative estimate of drug-likeness (QED) is 0.201. The van der Waals surface area contributed by atoms with Crippen LogP contribution in [0.25, 0.3) is 82.5 Å². The molecule has 0 radical (unpaired) electrons. The zero-order valence-electron chi connectivity index (χ0n) is 23.4. The van der Waals surface area contributed by atoms with Gasteiger partial charge < -0.3 is 0 Å². The zero-order chi connectivity index (χ0) is 28.3. The summed E-state index contributed by atoms with van der Waals surface area (Å²) < 4.78 is 2.35. The fourth-order valence-corrected chi connectivity index (χ4v) is 6.73. The molecular weight excluding hydrogens is 520 g/mol. The number of benzene rings is 7. The summed E-state index contributed by atoms with van der Waals surface area (Å²) in [6, 6.07) is 56.7. The van der Waals surface area contributed by atoms with Crippen molar-refractivity contribution in [1.29, 1.82) is 0 Å². The van der Waals surface area contributed by atoms with Crippen molar-refractivity contribution >= 4 is 49.1 Å². The Morgan fingerprint density at radius 3 is 1.72 bits per heavy atom. The maximum absolute atomic E-state index is 5.23. The maximum Gasteiger partial charge on any atom is 0.147 e. The summed E-state index contributed by atoms with van der Waals surface area (Å²) in [6.07, 6.45) is 0. The highest BCUT2D eigenvalue weighted by molar-refractivity contribution is 6.26. The zero-order valence-corrected chi connectivity index (χ0v) is 23.4. The van der Waals surface area contributed by atoms with Crippen LogP contribution in [0.15, 0.2) is 158 Å². The largest absolute Gasteiger partial charge is 0.292 e. The number of nitrogens with zero attached hydrogens (tertiary/aromatic N) is 2. The second-order valence-electron chi connectivity index (χ2n) is 11.2. The summed E-state index contributed by atoms with van der Waals surface area (Å²) >= 11 is 0. The Balaban J connectivity index is 1.41. The fourth-order valence-electron chi connectivity index (χ4n) is 6.73. The van der Waals surface area contributed by atoms with Crippen molar-refractivity contribution in [3.8, 4) is 33.4 Å². The van der Waals surface area contributed by atoms with Crippen molar-refractivity contribution in [2.75, 3.05) is 0 Å². The monoisotopic (exact) mass is 546 g/mol. The van der Waals surface area contributed by atoms with Crippen LogP contribution < -0.4 is 0 Å². The molecule has 7 aromatic carbocycles. The van der Waals surface area contributed by atoms with Crippen LogP contribution in [0.4, 0.5) is 0 Å². The Bertz CT molecular complexity index is 2470. The fraction of sp³-hybridized carbons (Fsp3) is 0. The molecule has 43 heavy (non-hydrogen) atoms. The summed E-state index contributed by atoms with van der Waals surface area (Å²) in [6.45, 7) is 0. The third-order valence-corrected chi connectivity index (χ3v) is 8.77. The number of para-hydroxylation sites is 2. The van der Waals surface area contributed by atoms with Crippen LogP contribution in [0.3, 0.4) is 0 Å². The molecule has 2 nitrogen and oxygen atoms in total. The average Bonchev–Trinajstić information content (AvgIpc) is 3.48. The van der Waals surface area contributed by atoms with E-state index in [-0.39, 0.29) is 0 Å². The highest BCUT2D eigenvalue weighted by Crippen LogP contribution is 2.42. The molecule has 0 atom stereocenters. The van der Waals surface area contributed by atoms with E-state index in [1.807, 2.05) is 0 Å². The predicted molar refractivity (Wildman–Crippen MR) is 182 cm³/mol. The first-order chi connectivity index (χ1) is 21.3. The highest BCUT2D eigenvalue weighted by atomic mass is 15.0. The van der Waals surface area contributed by atoms with Gasteiger partial charge in [-0.3, -0.25) is 4.40 Å². The number of hydrogen-bond donors (Lipinski definition) is 0. The summed E-state index contributed by atoms with van der Waals surface area (Å²) in [5, 5.41) is 6.08. The van der Waals surface area contributed by atoms with E-state index in [2.05, 4.69) is 162 Å². The molecule has 0 unspecified atom stereocenters. The molecule has 0 amide bonds. The lowest BCUT2D eigenvalue weighted by Gasteiger charge is -2.16. The van der Waals surface area contributed by atoms with Crippen LogP contribution in [-0.2, 0) is 0 Å². The van der Waals surface area contributed by atoms with E-state index in [0.717, 1.165) is 22.2 Å². The first-order valence-electron chi connectivity index (χ1n) is 14.7. The smallest absolute Gasteiger partial charge is 0.147 e. The summed E-state index contributed by atoms with van der Waals surface area (Å²) in [4.78, 5) is 5.23. The van der Waals surface area contributed by atoms with E-state index in [1.165, 1.54) is 60.3 Å². The molecule has 0 N–H and O–H groups in total. The molecule has 0 saturated carbocycles. The van der Waals surface area contributed by atoms with Crippen molar-refractivity contribution in [3.05, 3.63) is 158 Å². The average molecular weight is 547 g/mol. The molecule has 0 saturated heterocycles. The molecule has 9 aromatic rings. The molecule has 200 valence electrons. The van der Waals surface area contributed by atoms with Crippen molar-refractivity contribution in [2.45, 2.75) is 0 Å². The number of fused-ring (bicyclic) bond motifs is 10. The van der Waals surface area contributed by atoms with E-state index in [1.54, 1.807) is 0 Å². The van der Waals surface area contributed by atoms with Gasteiger partial charge >= 0.3 is 0 Å². The van der Waals surface area contributed by atoms with Gasteiger partial charge in [0.1, 0.15) is 5.65 Å². The standard InChI is InChI=1S/C41H26N2/c1-3-11-27(12-4-1)29-19-21-30(22-20-29)34-26-36-35-25-31(28-13-5-2-6-14-28)23-24-38(35)43-39-18-10-9-17-37(39)42-41(43)40(36)33-16-8-7-15-32(33)34/h1-26H. The molecule has 2 aromatic heterocycles. The minimum atomic E-state index is 0.998. The van der Waals surface area contributed by atoms with Crippen molar-refractivity contribution in [1.82, 2.24) is 9.38 Å². The number of imidazole rings is 1. The Kier molecular flexibility index (Phi) is 5.23. The van der Waals surface area contributed by atoms with Crippen LogP contribution in [0.5, 0.6) is 0 Å². The van der Waals surface area contributed by atoms with Gasteiger partial charge in [0, 0.05) is 10.8 Å². The van der Waals surface area contributed by atoms with Gasteiger partial charge in [-0.1, -0.05) is 127 Å². The lowest BCUT2D eigenvalue weighted by Crippen LogP contribution is -1.94. The number of hydrogen-bond acceptors (Lipinski definition) is 1. The van der Waals surface area contributed by atoms with Gasteiger partial charge in [-0.25, -0.2) is 4.98 Å². The minimum Gasteiger partial charge on any atom is -0.292 e. The molecule has 0 aliphatic rings. The molecular formula is C41H26N2. The van der Waals surface area contributed by atoms with E-state index >= 15 is 0 Å². The van der Waals surface area contributed by atoms with Gasteiger partial charge in [0.2, 0.25) is 0 Å². The third-order valence-electron chi connectivity index (χ3n) is 8.77. The van der Waals surface area contributed by atoms with Gasteiger partial charge in [0.05, 0.1) is 16.6 Å². The van der Waals surface area contributed by atoms with Gasteiger partial charge in [0.25, 0.3) is 0 Å². The van der Waals surface area contributed by atoms with Crippen LogP contribution in [0.1, 0.15) is 0 Å².